The van der Waals surface area contributed by atoms with Gasteiger partial charge in [-0.3, -0.25) is 4.79 Å². The molecule has 22 heavy (non-hydrogen) atoms. The summed E-state index contributed by atoms with van der Waals surface area (Å²) in [6.07, 6.45) is 0.448. The van der Waals surface area contributed by atoms with Gasteiger partial charge in [-0.25, -0.2) is 13.2 Å². The van der Waals surface area contributed by atoms with Gasteiger partial charge in [0.1, 0.15) is 11.4 Å². The Hall–Kier alpha value is -1.65. The Labute approximate surface area is 132 Å². The summed E-state index contributed by atoms with van der Waals surface area (Å²) >= 11 is 0.683. The van der Waals surface area contributed by atoms with Gasteiger partial charge in [-0.2, -0.15) is 4.31 Å². The number of ether oxygens (including phenoxy) is 2. The number of nitrogens with zero attached hydrogens (tertiary/aromatic N) is 1. The standard InChI is InChI=1S/C12H17NO7S2/c1-4-5-13(7-10(14)15)22(17,18)12-8(19-2)6-9(21-12)11(16)20-3/h6H,4-5,7H2,1-3H3,(H,14,15). The van der Waals surface area contributed by atoms with Gasteiger partial charge in [0.05, 0.1) is 14.2 Å². The molecule has 1 N–H and O–H groups in total. The molecule has 1 heterocycles. The van der Waals surface area contributed by atoms with Crippen LogP contribution in [0.25, 0.3) is 0 Å². The van der Waals surface area contributed by atoms with E-state index in [0.717, 1.165) is 4.31 Å². The fourth-order valence-electron chi connectivity index (χ4n) is 1.68. The Balaban J connectivity index is 3.32. The molecule has 8 nitrogen and oxygen atoms in total. The first-order valence-electron chi connectivity index (χ1n) is 6.26. The van der Waals surface area contributed by atoms with Crippen molar-refractivity contribution in [3.8, 4) is 5.75 Å². The molecular formula is C12H17NO7S2. The summed E-state index contributed by atoms with van der Waals surface area (Å²) in [5.74, 6) is -1.97. The molecule has 10 heteroatoms. The minimum absolute atomic E-state index is 0.0168. The molecule has 0 spiro atoms. The first-order chi connectivity index (χ1) is 10.3. The second-order valence-corrected chi connectivity index (χ2v) is 7.38. The van der Waals surface area contributed by atoms with Crippen LogP contribution in [0.5, 0.6) is 5.75 Å². The highest BCUT2D eigenvalue weighted by atomic mass is 32.2. The fourth-order valence-corrected chi connectivity index (χ4v) is 4.80. The van der Waals surface area contributed by atoms with Crippen LogP contribution in [0.2, 0.25) is 0 Å². The van der Waals surface area contributed by atoms with E-state index in [-0.39, 0.29) is 21.4 Å². The first kappa shape index (κ1) is 18.4. The number of carboxylic acids is 1. The monoisotopic (exact) mass is 351 g/mol. The topological polar surface area (TPSA) is 110 Å². The first-order valence-corrected chi connectivity index (χ1v) is 8.51. The zero-order valence-electron chi connectivity index (χ0n) is 12.4. The van der Waals surface area contributed by atoms with Gasteiger partial charge in [-0.15, -0.1) is 11.3 Å². The van der Waals surface area contributed by atoms with Crippen LogP contribution in [0.15, 0.2) is 10.3 Å². The quantitative estimate of drug-likeness (QED) is 0.696. The predicted octanol–water partition coefficient (Wildman–Crippen LogP) is 1.03. The van der Waals surface area contributed by atoms with Crippen LogP contribution < -0.4 is 4.74 Å². The Morgan fingerprint density at radius 3 is 2.45 bits per heavy atom. The molecule has 0 saturated carbocycles. The van der Waals surface area contributed by atoms with Gasteiger partial charge in [-0.1, -0.05) is 6.92 Å². The Bertz CT molecular complexity index is 650. The predicted molar refractivity (Wildman–Crippen MR) is 78.9 cm³/mol. The van der Waals surface area contributed by atoms with Gasteiger partial charge in [0.2, 0.25) is 0 Å². The smallest absolute Gasteiger partial charge is 0.348 e. The number of carbonyl (C=O) groups excluding carboxylic acids is 1. The molecule has 0 amide bonds. The average Bonchev–Trinajstić information content (AvgIpc) is 2.90. The lowest BCUT2D eigenvalue weighted by Gasteiger charge is -2.19. The molecule has 0 aromatic carbocycles. The summed E-state index contributed by atoms with van der Waals surface area (Å²) in [5, 5.41) is 8.87. The number of methoxy groups -OCH3 is 2. The van der Waals surface area contributed by atoms with Crippen molar-refractivity contribution in [3.63, 3.8) is 0 Å². The van der Waals surface area contributed by atoms with Crippen molar-refractivity contribution in [2.75, 3.05) is 27.3 Å². The number of sulfonamides is 1. The molecule has 1 aromatic heterocycles. The van der Waals surface area contributed by atoms with E-state index in [2.05, 4.69) is 4.74 Å². The molecular weight excluding hydrogens is 334 g/mol. The highest BCUT2D eigenvalue weighted by molar-refractivity contribution is 7.91. The summed E-state index contributed by atoms with van der Waals surface area (Å²) in [4.78, 5) is 22.5. The van der Waals surface area contributed by atoms with Crippen LogP contribution in [0.4, 0.5) is 0 Å². The molecule has 0 aliphatic carbocycles. The number of esters is 1. The van der Waals surface area contributed by atoms with Crippen LogP contribution >= 0.6 is 11.3 Å². The van der Waals surface area contributed by atoms with E-state index < -0.39 is 28.5 Å². The van der Waals surface area contributed by atoms with Crippen LogP contribution in [0.3, 0.4) is 0 Å². The summed E-state index contributed by atoms with van der Waals surface area (Å²) in [6, 6.07) is 1.26. The van der Waals surface area contributed by atoms with Crippen molar-refractivity contribution in [1.29, 1.82) is 0 Å². The van der Waals surface area contributed by atoms with Crippen molar-refractivity contribution in [2.24, 2.45) is 0 Å². The average molecular weight is 351 g/mol. The molecule has 0 unspecified atom stereocenters. The lowest BCUT2D eigenvalue weighted by molar-refractivity contribution is -0.137. The van der Waals surface area contributed by atoms with Gasteiger partial charge in [0.15, 0.2) is 9.96 Å². The van der Waals surface area contributed by atoms with Gasteiger partial charge in [-0.05, 0) is 6.42 Å². The summed E-state index contributed by atoms with van der Waals surface area (Å²) in [6.45, 7) is 1.12. The number of hydrogen-bond donors (Lipinski definition) is 1. The molecule has 0 saturated heterocycles. The second kappa shape index (κ2) is 7.56. The second-order valence-electron chi connectivity index (χ2n) is 4.19. The maximum absolute atomic E-state index is 12.6. The fraction of sp³-hybridized carbons (Fsp3) is 0.500. The van der Waals surface area contributed by atoms with Gasteiger partial charge < -0.3 is 14.6 Å². The van der Waals surface area contributed by atoms with E-state index in [1.165, 1.54) is 20.3 Å². The number of carboxylic acid groups (broad SMARTS) is 1. The maximum atomic E-state index is 12.6. The van der Waals surface area contributed by atoms with Crippen LogP contribution in [0, 0.1) is 0 Å². The molecule has 0 fully saturated rings. The summed E-state index contributed by atoms with van der Waals surface area (Å²) in [5.41, 5.74) is 0. The summed E-state index contributed by atoms with van der Waals surface area (Å²) < 4.78 is 35.4. The Morgan fingerprint density at radius 2 is 2.00 bits per heavy atom. The number of thiophene rings is 1. The van der Waals surface area contributed by atoms with Gasteiger partial charge in [0.25, 0.3) is 10.0 Å². The molecule has 0 radical (unpaired) electrons. The molecule has 0 aliphatic rings. The zero-order valence-corrected chi connectivity index (χ0v) is 14.0. The summed E-state index contributed by atoms with van der Waals surface area (Å²) in [7, 11) is -1.64. The highest BCUT2D eigenvalue weighted by Gasteiger charge is 2.32. The third-order valence-electron chi connectivity index (χ3n) is 2.63. The van der Waals surface area contributed by atoms with E-state index in [0.29, 0.717) is 17.8 Å². The Morgan fingerprint density at radius 1 is 1.36 bits per heavy atom. The molecule has 0 aliphatic heterocycles. The van der Waals surface area contributed by atoms with Gasteiger partial charge in [0, 0.05) is 12.6 Å². The van der Waals surface area contributed by atoms with Crippen molar-refractivity contribution >= 4 is 33.3 Å². The molecule has 0 bridgehead atoms. The molecule has 124 valence electrons. The van der Waals surface area contributed by atoms with Gasteiger partial charge >= 0.3 is 11.9 Å². The number of carbonyl (C=O) groups is 2. The van der Waals surface area contributed by atoms with E-state index in [1.807, 2.05) is 0 Å². The van der Waals surface area contributed by atoms with Crippen LogP contribution in [-0.4, -0.2) is 57.1 Å². The van der Waals surface area contributed by atoms with E-state index in [1.54, 1.807) is 6.92 Å². The van der Waals surface area contributed by atoms with E-state index in [4.69, 9.17) is 9.84 Å². The third-order valence-corrected chi connectivity index (χ3v) is 6.07. The van der Waals surface area contributed by atoms with Crippen molar-refractivity contribution in [2.45, 2.75) is 17.6 Å². The maximum Gasteiger partial charge on any atom is 0.348 e. The normalized spacial score (nSPS) is 11.5. The Kier molecular flexibility index (Phi) is 6.33. The zero-order chi connectivity index (χ0) is 16.9. The minimum Gasteiger partial charge on any atom is -0.494 e. The third kappa shape index (κ3) is 3.96. The van der Waals surface area contributed by atoms with E-state index in [9.17, 15) is 18.0 Å². The minimum atomic E-state index is -4.08. The van der Waals surface area contributed by atoms with Crippen molar-refractivity contribution < 1.29 is 32.6 Å². The van der Waals surface area contributed by atoms with Crippen LogP contribution in [0.1, 0.15) is 23.0 Å². The number of aliphatic carboxylic acids is 1. The largest absolute Gasteiger partial charge is 0.494 e. The van der Waals surface area contributed by atoms with Crippen molar-refractivity contribution in [1.82, 2.24) is 4.31 Å². The SMILES string of the molecule is CCCN(CC(=O)O)S(=O)(=O)c1sc(C(=O)OC)cc1OC. The molecule has 1 aromatic rings. The molecule has 1 rings (SSSR count). The molecule has 0 atom stereocenters. The number of hydrogen-bond acceptors (Lipinski definition) is 7. The van der Waals surface area contributed by atoms with Crippen LogP contribution in [-0.2, 0) is 19.6 Å². The lowest BCUT2D eigenvalue weighted by Crippen LogP contribution is -2.36. The lowest BCUT2D eigenvalue weighted by atomic mass is 10.4. The highest BCUT2D eigenvalue weighted by Crippen LogP contribution is 2.35. The van der Waals surface area contributed by atoms with E-state index >= 15 is 0 Å². The number of rotatable bonds is 8. The van der Waals surface area contributed by atoms with Crippen molar-refractivity contribution in [3.05, 3.63) is 10.9 Å².